The Morgan fingerprint density at radius 3 is 2.33 bits per heavy atom. The van der Waals surface area contributed by atoms with Gasteiger partial charge in [0.25, 0.3) is 0 Å². The van der Waals surface area contributed by atoms with Gasteiger partial charge in [-0.3, -0.25) is 9.59 Å². The van der Waals surface area contributed by atoms with Crippen LogP contribution in [0.25, 0.3) is 0 Å². The Morgan fingerprint density at radius 1 is 1.10 bits per heavy atom. The molecule has 4 N–H and O–H groups in total. The molecule has 120 valence electrons. The molecule has 2 aliphatic carbocycles. The first-order valence-electron chi connectivity index (χ1n) is 8.31. The fourth-order valence-corrected chi connectivity index (χ4v) is 3.81. The molecule has 0 spiro atoms. The first-order valence-corrected chi connectivity index (χ1v) is 8.31. The van der Waals surface area contributed by atoms with Crippen molar-refractivity contribution in [3.05, 3.63) is 0 Å². The van der Waals surface area contributed by atoms with Gasteiger partial charge in [0.15, 0.2) is 0 Å². The highest BCUT2D eigenvalue weighted by molar-refractivity contribution is 5.83. The second-order valence-corrected chi connectivity index (χ2v) is 6.77. The highest BCUT2D eigenvalue weighted by Crippen LogP contribution is 2.35. The van der Waals surface area contributed by atoms with E-state index >= 15 is 0 Å². The summed E-state index contributed by atoms with van der Waals surface area (Å²) in [5.41, 5.74) is 5.51. The number of carboxylic acids is 1. The zero-order valence-electron chi connectivity index (χ0n) is 12.8. The maximum absolute atomic E-state index is 12.7. The van der Waals surface area contributed by atoms with Crippen LogP contribution in [0.3, 0.4) is 0 Å². The minimum absolute atomic E-state index is 0.000900. The van der Waals surface area contributed by atoms with E-state index in [1.807, 2.05) is 0 Å². The van der Waals surface area contributed by atoms with Crippen molar-refractivity contribution in [2.75, 3.05) is 6.54 Å². The molecular weight excluding hydrogens is 268 g/mol. The Kier molecular flexibility index (Phi) is 5.62. The lowest BCUT2D eigenvalue weighted by atomic mass is 9.78. The van der Waals surface area contributed by atoms with E-state index in [2.05, 4.69) is 5.32 Å². The molecule has 2 unspecified atom stereocenters. The highest BCUT2D eigenvalue weighted by atomic mass is 16.4. The molecule has 0 aromatic rings. The summed E-state index contributed by atoms with van der Waals surface area (Å²) in [5, 5.41) is 12.3. The van der Waals surface area contributed by atoms with Gasteiger partial charge >= 0.3 is 5.97 Å². The van der Waals surface area contributed by atoms with Crippen molar-refractivity contribution >= 4 is 11.9 Å². The van der Waals surface area contributed by atoms with E-state index in [9.17, 15) is 9.59 Å². The SMILES string of the molecule is NCC1(C(=O)NC2CCCC(C(=O)O)C2)CCCCCC1. The monoisotopic (exact) mass is 296 g/mol. The molecule has 0 bridgehead atoms. The lowest BCUT2D eigenvalue weighted by Gasteiger charge is -2.34. The van der Waals surface area contributed by atoms with Crippen LogP contribution in [0.4, 0.5) is 0 Å². The van der Waals surface area contributed by atoms with Gasteiger partial charge in [-0.25, -0.2) is 0 Å². The summed E-state index contributed by atoms with van der Waals surface area (Å²) >= 11 is 0. The molecule has 2 atom stereocenters. The van der Waals surface area contributed by atoms with Gasteiger partial charge in [0.2, 0.25) is 5.91 Å². The zero-order chi connectivity index (χ0) is 15.3. The molecule has 0 heterocycles. The van der Waals surface area contributed by atoms with Crippen molar-refractivity contribution < 1.29 is 14.7 Å². The van der Waals surface area contributed by atoms with Crippen LogP contribution in [0, 0.1) is 11.3 Å². The number of nitrogens with two attached hydrogens (primary N) is 1. The van der Waals surface area contributed by atoms with Crippen LogP contribution in [0.2, 0.25) is 0 Å². The number of hydrogen-bond donors (Lipinski definition) is 3. The molecule has 2 aliphatic rings. The van der Waals surface area contributed by atoms with Crippen molar-refractivity contribution in [3.8, 4) is 0 Å². The number of carboxylic acid groups (broad SMARTS) is 1. The average Bonchev–Trinajstić information content (AvgIpc) is 2.74. The standard InChI is InChI=1S/C16H28N2O3/c17-11-16(8-3-1-2-4-9-16)15(21)18-13-7-5-6-12(10-13)14(19)20/h12-13H,1-11,17H2,(H,18,21)(H,19,20). The molecule has 2 rings (SSSR count). The summed E-state index contributed by atoms with van der Waals surface area (Å²) < 4.78 is 0. The Morgan fingerprint density at radius 2 is 1.76 bits per heavy atom. The third kappa shape index (κ3) is 3.96. The second-order valence-electron chi connectivity index (χ2n) is 6.77. The summed E-state index contributed by atoms with van der Waals surface area (Å²) in [4.78, 5) is 23.8. The van der Waals surface area contributed by atoms with Gasteiger partial charge in [-0.2, -0.15) is 0 Å². The Balaban J connectivity index is 1.96. The quantitative estimate of drug-likeness (QED) is 0.692. The van der Waals surface area contributed by atoms with E-state index in [1.54, 1.807) is 0 Å². The largest absolute Gasteiger partial charge is 0.481 e. The molecule has 2 saturated carbocycles. The first-order chi connectivity index (χ1) is 10.1. The van der Waals surface area contributed by atoms with Crippen molar-refractivity contribution in [2.45, 2.75) is 70.3 Å². The number of carbonyl (C=O) groups is 2. The summed E-state index contributed by atoms with van der Waals surface area (Å²) in [6.45, 7) is 0.397. The topological polar surface area (TPSA) is 92.4 Å². The summed E-state index contributed by atoms with van der Waals surface area (Å²) in [7, 11) is 0. The fraction of sp³-hybridized carbons (Fsp3) is 0.875. The maximum atomic E-state index is 12.7. The third-order valence-corrected chi connectivity index (χ3v) is 5.29. The van der Waals surface area contributed by atoms with Crippen LogP contribution in [-0.4, -0.2) is 29.6 Å². The molecule has 0 aromatic carbocycles. The van der Waals surface area contributed by atoms with E-state index in [0.717, 1.165) is 44.9 Å². The first kappa shape index (κ1) is 16.3. The van der Waals surface area contributed by atoms with Crippen LogP contribution < -0.4 is 11.1 Å². The fourth-order valence-electron chi connectivity index (χ4n) is 3.81. The normalized spacial score (nSPS) is 29.4. The molecule has 21 heavy (non-hydrogen) atoms. The van der Waals surface area contributed by atoms with Crippen LogP contribution in [-0.2, 0) is 9.59 Å². The van der Waals surface area contributed by atoms with Gasteiger partial charge in [-0.05, 0) is 32.1 Å². The Labute approximate surface area is 126 Å². The molecule has 5 nitrogen and oxygen atoms in total. The van der Waals surface area contributed by atoms with Crippen LogP contribution >= 0.6 is 0 Å². The predicted molar refractivity (Wildman–Crippen MR) is 80.7 cm³/mol. The predicted octanol–water partition coefficient (Wildman–Crippen LogP) is 2.05. The molecule has 1 amide bonds. The van der Waals surface area contributed by atoms with Gasteiger partial charge in [0.05, 0.1) is 11.3 Å². The maximum Gasteiger partial charge on any atom is 0.306 e. The van der Waals surface area contributed by atoms with Gasteiger partial charge in [0, 0.05) is 12.6 Å². The number of carbonyl (C=O) groups excluding carboxylic acids is 1. The van der Waals surface area contributed by atoms with Crippen molar-refractivity contribution in [2.24, 2.45) is 17.1 Å². The Hall–Kier alpha value is -1.10. The minimum atomic E-state index is -0.739. The molecule has 0 radical (unpaired) electrons. The minimum Gasteiger partial charge on any atom is -0.481 e. The van der Waals surface area contributed by atoms with E-state index in [0.29, 0.717) is 13.0 Å². The molecule has 0 aliphatic heterocycles. The number of nitrogens with one attached hydrogen (secondary N) is 1. The number of amides is 1. The van der Waals surface area contributed by atoms with Crippen molar-refractivity contribution in [1.82, 2.24) is 5.32 Å². The van der Waals surface area contributed by atoms with Crippen LogP contribution in [0.5, 0.6) is 0 Å². The van der Waals surface area contributed by atoms with E-state index in [4.69, 9.17) is 10.8 Å². The van der Waals surface area contributed by atoms with Gasteiger partial charge < -0.3 is 16.2 Å². The highest BCUT2D eigenvalue weighted by Gasteiger charge is 2.39. The lowest BCUT2D eigenvalue weighted by Crippen LogP contribution is -2.50. The van der Waals surface area contributed by atoms with Crippen LogP contribution in [0.1, 0.15) is 64.2 Å². The zero-order valence-corrected chi connectivity index (χ0v) is 12.8. The average molecular weight is 296 g/mol. The van der Waals surface area contributed by atoms with Crippen LogP contribution in [0.15, 0.2) is 0 Å². The van der Waals surface area contributed by atoms with Crippen molar-refractivity contribution in [3.63, 3.8) is 0 Å². The van der Waals surface area contributed by atoms with Gasteiger partial charge in [0.1, 0.15) is 0 Å². The van der Waals surface area contributed by atoms with E-state index < -0.39 is 11.4 Å². The molecule has 0 aromatic heterocycles. The summed E-state index contributed by atoms with van der Waals surface area (Å²) in [6, 6.07) is -0.000900. The summed E-state index contributed by atoms with van der Waals surface area (Å²) in [5.74, 6) is -0.994. The number of rotatable bonds is 4. The molecule has 0 saturated heterocycles. The smallest absolute Gasteiger partial charge is 0.306 e. The van der Waals surface area contributed by atoms with E-state index in [1.165, 1.54) is 12.8 Å². The van der Waals surface area contributed by atoms with E-state index in [-0.39, 0.29) is 17.9 Å². The third-order valence-electron chi connectivity index (χ3n) is 5.29. The summed E-state index contributed by atoms with van der Waals surface area (Å²) in [6.07, 6.45) is 9.26. The van der Waals surface area contributed by atoms with Gasteiger partial charge in [-0.15, -0.1) is 0 Å². The molecule has 2 fully saturated rings. The Bertz CT molecular complexity index is 376. The molecule has 5 heteroatoms. The lowest BCUT2D eigenvalue weighted by molar-refractivity contribution is -0.144. The van der Waals surface area contributed by atoms with Gasteiger partial charge in [-0.1, -0.05) is 32.1 Å². The second kappa shape index (κ2) is 7.25. The van der Waals surface area contributed by atoms with Crippen molar-refractivity contribution in [1.29, 1.82) is 0 Å². The molecular formula is C16H28N2O3. The number of hydrogen-bond acceptors (Lipinski definition) is 3. The number of aliphatic carboxylic acids is 1.